The third kappa shape index (κ3) is 2.84. The molecule has 1 aromatic heterocycles. The fraction of sp³-hybridized carbons (Fsp3) is 0.385. The molecule has 0 aliphatic heterocycles. The Kier molecular flexibility index (Phi) is 3.42. The van der Waals surface area contributed by atoms with E-state index in [4.69, 9.17) is 0 Å². The molecule has 2 rings (SSSR count). The van der Waals surface area contributed by atoms with Crippen molar-refractivity contribution in [2.75, 3.05) is 11.9 Å². The number of anilines is 1. The van der Waals surface area contributed by atoms with Crippen LogP contribution in [0.3, 0.4) is 0 Å². The number of rotatable bonds is 4. The topological polar surface area (TPSA) is 57.8 Å². The average molecular weight is 231 g/mol. The Balaban J connectivity index is 2.29. The maximum Gasteiger partial charge on any atom is 0.347 e. The first kappa shape index (κ1) is 11.6. The van der Waals surface area contributed by atoms with Crippen LogP contribution in [-0.2, 0) is 0 Å². The standard InChI is InChI=1S/C13H17N3O/c1-9(2)7-8-14-12-10-5-3-4-6-11(10)15-13(17)16-12/h3-6,9H,7-8H2,1-2H3,(H2,14,15,16,17). The smallest absolute Gasteiger partial charge is 0.347 e. The second kappa shape index (κ2) is 4.99. The van der Waals surface area contributed by atoms with Crippen LogP contribution < -0.4 is 11.0 Å². The molecule has 0 spiro atoms. The van der Waals surface area contributed by atoms with Crippen LogP contribution in [0.1, 0.15) is 20.3 Å². The monoisotopic (exact) mass is 231 g/mol. The molecule has 1 heterocycles. The van der Waals surface area contributed by atoms with E-state index in [2.05, 4.69) is 29.1 Å². The van der Waals surface area contributed by atoms with Crippen LogP contribution in [0.4, 0.5) is 5.82 Å². The van der Waals surface area contributed by atoms with Crippen LogP contribution in [0, 0.1) is 5.92 Å². The van der Waals surface area contributed by atoms with Crippen LogP contribution >= 0.6 is 0 Å². The van der Waals surface area contributed by atoms with Crippen molar-refractivity contribution in [1.82, 2.24) is 9.97 Å². The van der Waals surface area contributed by atoms with Crippen LogP contribution in [0.5, 0.6) is 0 Å². The molecule has 4 heteroatoms. The van der Waals surface area contributed by atoms with E-state index in [1.54, 1.807) is 0 Å². The molecule has 0 saturated heterocycles. The van der Waals surface area contributed by atoms with Gasteiger partial charge in [-0.05, 0) is 24.5 Å². The number of hydrogen-bond donors (Lipinski definition) is 2. The van der Waals surface area contributed by atoms with E-state index < -0.39 is 0 Å². The Hall–Kier alpha value is -1.84. The highest BCUT2D eigenvalue weighted by Crippen LogP contribution is 2.17. The molecule has 0 aliphatic rings. The molecular weight excluding hydrogens is 214 g/mol. The van der Waals surface area contributed by atoms with Gasteiger partial charge in [-0.2, -0.15) is 4.98 Å². The number of H-pyrrole nitrogens is 1. The minimum atomic E-state index is -0.309. The molecule has 2 N–H and O–H groups in total. The summed E-state index contributed by atoms with van der Waals surface area (Å²) in [5.74, 6) is 1.31. The first-order valence-corrected chi connectivity index (χ1v) is 5.90. The maximum absolute atomic E-state index is 11.4. The first-order valence-electron chi connectivity index (χ1n) is 5.90. The molecule has 0 fully saturated rings. The van der Waals surface area contributed by atoms with Crippen molar-refractivity contribution >= 4 is 16.7 Å². The summed E-state index contributed by atoms with van der Waals surface area (Å²) in [5, 5.41) is 4.18. The normalized spacial score (nSPS) is 11.0. The van der Waals surface area contributed by atoms with E-state index in [-0.39, 0.29) is 5.69 Å². The van der Waals surface area contributed by atoms with Crippen molar-refractivity contribution in [3.05, 3.63) is 34.7 Å². The molecule has 0 atom stereocenters. The molecule has 90 valence electrons. The van der Waals surface area contributed by atoms with Gasteiger partial charge in [0.05, 0.1) is 5.52 Å². The highest BCUT2D eigenvalue weighted by molar-refractivity contribution is 5.88. The third-order valence-electron chi connectivity index (χ3n) is 2.65. The predicted octanol–water partition coefficient (Wildman–Crippen LogP) is 2.38. The minimum Gasteiger partial charge on any atom is -0.369 e. The van der Waals surface area contributed by atoms with Crippen molar-refractivity contribution < 1.29 is 0 Å². The maximum atomic E-state index is 11.4. The van der Waals surface area contributed by atoms with Gasteiger partial charge in [-0.1, -0.05) is 26.0 Å². The molecular formula is C13H17N3O. The molecule has 17 heavy (non-hydrogen) atoms. The largest absolute Gasteiger partial charge is 0.369 e. The van der Waals surface area contributed by atoms with Gasteiger partial charge in [0, 0.05) is 11.9 Å². The number of fused-ring (bicyclic) bond motifs is 1. The quantitative estimate of drug-likeness (QED) is 0.849. The van der Waals surface area contributed by atoms with Gasteiger partial charge in [0.1, 0.15) is 5.82 Å². The lowest BCUT2D eigenvalue weighted by molar-refractivity contribution is 0.607. The Morgan fingerprint density at radius 1 is 1.35 bits per heavy atom. The van der Waals surface area contributed by atoms with Crippen LogP contribution in [0.25, 0.3) is 10.9 Å². The zero-order chi connectivity index (χ0) is 12.3. The number of para-hydroxylation sites is 1. The molecule has 2 aromatic rings. The number of aromatic amines is 1. The van der Waals surface area contributed by atoms with Gasteiger partial charge >= 0.3 is 5.69 Å². The highest BCUT2D eigenvalue weighted by atomic mass is 16.1. The number of benzene rings is 1. The average Bonchev–Trinajstić information content (AvgIpc) is 2.28. The molecule has 0 saturated carbocycles. The SMILES string of the molecule is CC(C)CCNc1nc(=O)[nH]c2ccccc12. The van der Waals surface area contributed by atoms with E-state index in [0.29, 0.717) is 11.7 Å². The van der Waals surface area contributed by atoms with Crippen LogP contribution in [-0.4, -0.2) is 16.5 Å². The summed E-state index contributed by atoms with van der Waals surface area (Å²) in [6.45, 7) is 5.17. The lowest BCUT2D eigenvalue weighted by atomic mass is 10.1. The summed E-state index contributed by atoms with van der Waals surface area (Å²) in [5.41, 5.74) is 0.510. The zero-order valence-corrected chi connectivity index (χ0v) is 10.2. The van der Waals surface area contributed by atoms with Crippen molar-refractivity contribution in [3.63, 3.8) is 0 Å². The van der Waals surface area contributed by atoms with Gasteiger partial charge < -0.3 is 10.3 Å². The van der Waals surface area contributed by atoms with E-state index in [1.807, 2.05) is 24.3 Å². The van der Waals surface area contributed by atoms with Gasteiger partial charge in [-0.15, -0.1) is 0 Å². The molecule has 0 radical (unpaired) electrons. The Morgan fingerprint density at radius 2 is 2.12 bits per heavy atom. The van der Waals surface area contributed by atoms with Crippen molar-refractivity contribution in [2.45, 2.75) is 20.3 Å². The van der Waals surface area contributed by atoms with Crippen LogP contribution in [0.15, 0.2) is 29.1 Å². The Morgan fingerprint density at radius 3 is 2.88 bits per heavy atom. The molecule has 0 unspecified atom stereocenters. The molecule has 1 aromatic carbocycles. The summed E-state index contributed by atoms with van der Waals surface area (Å²) in [7, 11) is 0. The number of aromatic nitrogens is 2. The summed E-state index contributed by atoms with van der Waals surface area (Å²) in [6.07, 6.45) is 1.06. The fourth-order valence-electron chi connectivity index (χ4n) is 1.72. The van der Waals surface area contributed by atoms with Gasteiger partial charge in [-0.25, -0.2) is 4.79 Å². The van der Waals surface area contributed by atoms with Gasteiger partial charge in [-0.3, -0.25) is 0 Å². The fourth-order valence-corrected chi connectivity index (χ4v) is 1.72. The Labute approximate surface area is 100 Å². The van der Waals surface area contributed by atoms with Crippen molar-refractivity contribution in [1.29, 1.82) is 0 Å². The number of nitrogens with zero attached hydrogens (tertiary/aromatic N) is 1. The second-order valence-electron chi connectivity index (χ2n) is 4.55. The Bertz CT molecular complexity index is 560. The lowest BCUT2D eigenvalue weighted by Crippen LogP contribution is -2.15. The third-order valence-corrected chi connectivity index (χ3v) is 2.65. The van der Waals surface area contributed by atoms with Gasteiger partial charge in [0.2, 0.25) is 0 Å². The van der Waals surface area contributed by atoms with Gasteiger partial charge in [0.15, 0.2) is 0 Å². The van der Waals surface area contributed by atoms with E-state index in [0.717, 1.165) is 23.9 Å². The summed E-state index contributed by atoms with van der Waals surface area (Å²) in [4.78, 5) is 18.1. The first-order chi connectivity index (χ1) is 8.16. The summed E-state index contributed by atoms with van der Waals surface area (Å²) >= 11 is 0. The number of hydrogen-bond acceptors (Lipinski definition) is 3. The summed E-state index contributed by atoms with van der Waals surface area (Å²) < 4.78 is 0. The summed E-state index contributed by atoms with van der Waals surface area (Å²) in [6, 6.07) is 7.67. The molecule has 0 amide bonds. The second-order valence-corrected chi connectivity index (χ2v) is 4.55. The van der Waals surface area contributed by atoms with Crippen molar-refractivity contribution in [2.24, 2.45) is 5.92 Å². The minimum absolute atomic E-state index is 0.309. The van der Waals surface area contributed by atoms with E-state index >= 15 is 0 Å². The van der Waals surface area contributed by atoms with Crippen molar-refractivity contribution in [3.8, 4) is 0 Å². The molecule has 4 nitrogen and oxygen atoms in total. The van der Waals surface area contributed by atoms with Crippen LogP contribution in [0.2, 0.25) is 0 Å². The van der Waals surface area contributed by atoms with E-state index in [1.165, 1.54) is 0 Å². The number of nitrogens with one attached hydrogen (secondary N) is 2. The lowest BCUT2D eigenvalue weighted by Gasteiger charge is -2.09. The predicted molar refractivity (Wildman–Crippen MR) is 70.3 cm³/mol. The highest BCUT2D eigenvalue weighted by Gasteiger charge is 2.03. The molecule has 0 aliphatic carbocycles. The molecule has 0 bridgehead atoms. The zero-order valence-electron chi connectivity index (χ0n) is 10.2. The van der Waals surface area contributed by atoms with E-state index in [9.17, 15) is 4.79 Å². The van der Waals surface area contributed by atoms with Gasteiger partial charge in [0.25, 0.3) is 0 Å².